The first-order valence-corrected chi connectivity index (χ1v) is 8.36. The maximum Gasteiger partial charge on any atom is 0.0326 e. The molecular weight excluding hydrogens is 298 g/mol. The maximum absolute atomic E-state index is 6.61. The molecule has 2 rings (SSSR count). The normalized spacial score (nSPS) is 25.3. The Labute approximate surface area is 126 Å². The number of rotatable bonds is 3. The smallest absolute Gasteiger partial charge is 0.0326 e. The largest absolute Gasteiger partial charge is 0.324 e. The minimum atomic E-state index is 0.204. The molecule has 1 aliphatic carbocycles. The van der Waals surface area contributed by atoms with Crippen LogP contribution in [-0.4, -0.2) is 0 Å². The Bertz CT molecular complexity index is 418. The van der Waals surface area contributed by atoms with Crippen LogP contribution in [0.1, 0.15) is 61.8 Å². The van der Waals surface area contributed by atoms with E-state index in [0.29, 0.717) is 5.92 Å². The van der Waals surface area contributed by atoms with Crippen LogP contribution < -0.4 is 5.73 Å². The molecule has 1 nitrogen and oxygen atoms in total. The predicted octanol–water partition coefficient (Wildman–Crippen LogP) is 5.28. The van der Waals surface area contributed by atoms with E-state index >= 15 is 0 Å². The highest BCUT2D eigenvalue weighted by molar-refractivity contribution is 9.10. The van der Waals surface area contributed by atoms with Crippen LogP contribution in [-0.2, 0) is 0 Å². The SMILES string of the molecule is CCC1CCCCC1C(N)c1cc(C)c(Br)c(C)c1. The Balaban J connectivity index is 2.25. The van der Waals surface area contributed by atoms with Crippen molar-refractivity contribution in [1.29, 1.82) is 0 Å². The molecule has 1 aromatic carbocycles. The van der Waals surface area contributed by atoms with E-state index in [9.17, 15) is 0 Å². The molecule has 0 aliphatic heterocycles. The van der Waals surface area contributed by atoms with Crippen molar-refractivity contribution in [3.63, 3.8) is 0 Å². The lowest BCUT2D eigenvalue weighted by molar-refractivity contribution is 0.196. The van der Waals surface area contributed by atoms with Gasteiger partial charge in [0.2, 0.25) is 0 Å². The van der Waals surface area contributed by atoms with Crippen molar-refractivity contribution in [2.45, 2.75) is 58.9 Å². The Hall–Kier alpha value is -0.340. The van der Waals surface area contributed by atoms with Crippen LogP contribution in [0, 0.1) is 25.7 Å². The predicted molar refractivity (Wildman–Crippen MR) is 86.3 cm³/mol. The first kappa shape index (κ1) is 15.1. The molecule has 1 aromatic rings. The average Bonchev–Trinajstić information content (AvgIpc) is 2.43. The van der Waals surface area contributed by atoms with Crippen molar-refractivity contribution >= 4 is 15.9 Å². The highest BCUT2D eigenvalue weighted by atomic mass is 79.9. The van der Waals surface area contributed by atoms with Gasteiger partial charge in [0.05, 0.1) is 0 Å². The lowest BCUT2D eigenvalue weighted by Gasteiger charge is -2.35. The van der Waals surface area contributed by atoms with Gasteiger partial charge < -0.3 is 5.73 Å². The highest BCUT2D eigenvalue weighted by Gasteiger charge is 2.29. The summed E-state index contributed by atoms with van der Waals surface area (Å²) in [6.45, 7) is 6.63. The second-order valence-electron chi connectivity index (χ2n) is 6.11. The van der Waals surface area contributed by atoms with E-state index in [1.165, 1.54) is 53.3 Å². The molecule has 0 aromatic heterocycles. The second kappa shape index (κ2) is 6.41. The van der Waals surface area contributed by atoms with Crippen LogP contribution in [0.2, 0.25) is 0 Å². The lowest BCUT2D eigenvalue weighted by Crippen LogP contribution is -2.30. The zero-order chi connectivity index (χ0) is 14.0. The fraction of sp³-hybridized carbons (Fsp3) is 0.647. The van der Waals surface area contributed by atoms with Crippen molar-refractivity contribution in [3.8, 4) is 0 Å². The van der Waals surface area contributed by atoms with Gasteiger partial charge in [-0.05, 0) is 48.8 Å². The van der Waals surface area contributed by atoms with Gasteiger partial charge in [-0.25, -0.2) is 0 Å². The average molecular weight is 324 g/mol. The number of hydrogen-bond acceptors (Lipinski definition) is 1. The van der Waals surface area contributed by atoms with Crippen molar-refractivity contribution in [2.75, 3.05) is 0 Å². The van der Waals surface area contributed by atoms with E-state index in [1.54, 1.807) is 0 Å². The van der Waals surface area contributed by atoms with Gasteiger partial charge in [0.15, 0.2) is 0 Å². The van der Waals surface area contributed by atoms with Gasteiger partial charge in [0.25, 0.3) is 0 Å². The fourth-order valence-electron chi connectivity index (χ4n) is 3.64. The molecule has 2 heteroatoms. The third-order valence-corrected chi connectivity index (χ3v) is 6.05. The van der Waals surface area contributed by atoms with Gasteiger partial charge in [-0.3, -0.25) is 0 Å². The van der Waals surface area contributed by atoms with E-state index in [2.05, 4.69) is 48.8 Å². The molecule has 19 heavy (non-hydrogen) atoms. The van der Waals surface area contributed by atoms with Crippen LogP contribution in [0.25, 0.3) is 0 Å². The van der Waals surface area contributed by atoms with Gasteiger partial charge in [-0.1, -0.05) is 60.7 Å². The minimum absolute atomic E-state index is 0.204. The van der Waals surface area contributed by atoms with Crippen molar-refractivity contribution in [3.05, 3.63) is 33.3 Å². The quantitative estimate of drug-likeness (QED) is 0.804. The van der Waals surface area contributed by atoms with E-state index in [1.807, 2.05) is 0 Å². The Morgan fingerprint density at radius 1 is 1.21 bits per heavy atom. The molecular formula is C17H26BrN. The standard InChI is InChI=1S/C17H26BrN/c1-4-13-7-5-6-8-15(13)17(19)14-9-11(2)16(18)12(3)10-14/h9-10,13,15,17H,4-8,19H2,1-3H3. The summed E-state index contributed by atoms with van der Waals surface area (Å²) in [4.78, 5) is 0. The molecule has 0 spiro atoms. The maximum atomic E-state index is 6.61. The summed E-state index contributed by atoms with van der Waals surface area (Å²) in [6, 6.07) is 4.74. The molecule has 2 N–H and O–H groups in total. The second-order valence-corrected chi connectivity index (χ2v) is 6.90. The molecule has 3 unspecified atom stereocenters. The van der Waals surface area contributed by atoms with Crippen LogP contribution in [0.5, 0.6) is 0 Å². The molecule has 1 saturated carbocycles. The number of aryl methyl sites for hydroxylation is 2. The van der Waals surface area contributed by atoms with E-state index < -0.39 is 0 Å². The van der Waals surface area contributed by atoms with Gasteiger partial charge in [0.1, 0.15) is 0 Å². The molecule has 0 bridgehead atoms. The van der Waals surface area contributed by atoms with Gasteiger partial charge >= 0.3 is 0 Å². The zero-order valence-corrected chi connectivity index (χ0v) is 14.0. The van der Waals surface area contributed by atoms with Crippen LogP contribution >= 0.6 is 15.9 Å². The number of halogens is 1. The number of nitrogens with two attached hydrogens (primary N) is 1. The van der Waals surface area contributed by atoms with Gasteiger partial charge in [-0.2, -0.15) is 0 Å². The lowest BCUT2D eigenvalue weighted by atomic mass is 9.72. The minimum Gasteiger partial charge on any atom is -0.324 e. The molecule has 1 fully saturated rings. The highest BCUT2D eigenvalue weighted by Crippen LogP contribution is 2.40. The van der Waals surface area contributed by atoms with Gasteiger partial charge in [0, 0.05) is 10.5 Å². The Morgan fingerprint density at radius 3 is 2.37 bits per heavy atom. The molecule has 0 radical (unpaired) electrons. The molecule has 1 aliphatic rings. The summed E-state index contributed by atoms with van der Waals surface area (Å²) in [7, 11) is 0. The van der Waals surface area contributed by atoms with E-state index in [-0.39, 0.29) is 6.04 Å². The summed E-state index contributed by atoms with van der Waals surface area (Å²) >= 11 is 3.64. The monoisotopic (exact) mass is 323 g/mol. The first-order valence-electron chi connectivity index (χ1n) is 7.56. The summed E-state index contributed by atoms with van der Waals surface area (Å²) in [5.41, 5.74) is 10.5. The van der Waals surface area contributed by atoms with E-state index in [0.717, 1.165) is 5.92 Å². The number of hydrogen-bond donors (Lipinski definition) is 1. The Morgan fingerprint density at radius 2 is 1.79 bits per heavy atom. The third kappa shape index (κ3) is 3.22. The van der Waals surface area contributed by atoms with Crippen LogP contribution in [0.4, 0.5) is 0 Å². The van der Waals surface area contributed by atoms with Crippen LogP contribution in [0.3, 0.4) is 0 Å². The van der Waals surface area contributed by atoms with Crippen molar-refractivity contribution < 1.29 is 0 Å². The zero-order valence-electron chi connectivity index (χ0n) is 12.4. The molecule has 0 heterocycles. The topological polar surface area (TPSA) is 26.0 Å². The summed E-state index contributed by atoms with van der Waals surface area (Å²) in [6.07, 6.45) is 6.67. The fourth-order valence-corrected chi connectivity index (χ4v) is 3.86. The molecule has 3 atom stereocenters. The molecule has 106 valence electrons. The summed E-state index contributed by atoms with van der Waals surface area (Å²) in [5, 5.41) is 0. The van der Waals surface area contributed by atoms with Crippen LogP contribution in [0.15, 0.2) is 16.6 Å². The van der Waals surface area contributed by atoms with Gasteiger partial charge in [-0.15, -0.1) is 0 Å². The summed E-state index contributed by atoms with van der Waals surface area (Å²) in [5.74, 6) is 1.48. The molecule has 0 amide bonds. The van der Waals surface area contributed by atoms with E-state index in [4.69, 9.17) is 5.73 Å². The summed E-state index contributed by atoms with van der Waals surface area (Å²) < 4.78 is 1.22. The van der Waals surface area contributed by atoms with Crippen molar-refractivity contribution in [2.24, 2.45) is 17.6 Å². The number of benzene rings is 1. The molecule has 0 saturated heterocycles. The first-order chi connectivity index (χ1) is 9.04. The Kier molecular flexibility index (Phi) is 5.08. The van der Waals surface area contributed by atoms with Crippen molar-refractivity contribution in [1.82, 2.24) is 0 Å². The third-order valence-electron chi connectivity index (χ3n) is 4.80.